The van der Waals surface area contributed by atoms with Gasteiger partial charge in [0.1, 0.15) is 0 Å². The highest BCUT2D eigenvalue weighted by molar-refractivity contribution is 5.75. The van der Waals surface area contributed by atoms with Crippen LogP contribution in [0.1, 0.15) is 31.2 Å². The SMILES string of the molecule is CN1CCN(C2C=CC(/C(=C(/CCCO)c3ccccc3)C3C=CC(N)=CC3)=CC2)CC1. The fraction of sp³-hybridized carbons (Fsp3) is 0.429. The van der Waals surface area contributed by atoms with E-state index < -0.39 is 0 Å². The number of hydrogen-bond acceptors (Lipinski definition) is 4. The smallest absolute Gasteiger partial charge is 0.0434 e. The Morgan fingerprint density at radius 3 is 2.41 bits per heavy atom. The molecule has 0 radical (unpaired) electrons. The quantitative estimate of drug-likeness (QED) is 0.682. The third-order valence-corrected chi connectivity index (χ3v) is 6.93. The third-order valence-electron chi connectivity index (χ3n) is 6.93. The molecule has 170 valence electrons. The molecule has 3 N–H and O–H groups in total. The highest BCUT2D eigenvalue weighted by atomic mass is 16.2. The Morgan fingerprint density at radius 2 is 1.78 bits per heavy atom. The van der Waals surface area contributed by atoms with E-state index in [4.69, 9.17) is 5.73 Å². The van der Waals surface area contributed by atoms with Gasteiger partial charge in [-0.1, -0.05) is 60.7 Å². The van der Waals surface area contributed by atoms with Crippen LogP contribution in [0.2, 0.25) is 0 Å². The van der Waals surface area contributed by atoms with Gasteiger partial charge < -0.3 is 15.7 Å². The molecule has 4 rings (SSSR count). The Bertz CT molecular complexity index is 917. The van der Waals surface area contributed by atoms with E-state index >= 15 is 0 Å². The lowest BCUT2D eigenvalue weighted by molar-refractivity contribution is 0.130. The summed E-state index contributed by atoms with van der Waals surface area (Å²) in [6.07, 6.45) is 17.2. The van der Waals surface area contributed by atoms with Crippen LogP contribution in [-0.4, -0.2) is 60.8 Å². The lowest BCUT2D eigenvalue weighted by Crippen LogP contribution is -2.48. The van der Waals surface area contributed by atoms with Crippen LogP contribution in [0, 0.1) is 5.92 Å². The average Bonchev–Trinajstić information content (AvgIpc) is 2.84. The van der Waals surface area contributed by atoms with Crippen molar-refractivity contribution in [3.05, 3.63) is 89.2 Å². The van der Waals surface area contributed by atoms with Crippen LogP contribution in [0.15, 0.2) is 83.6 Å². The van der Waals surface area contributed by atoms with Crippen LogP contribution in [0.3, 0.4) is 0 Å². The Hall–Kier alpha value is -2.40. The van der Waals surface area contributed by atoms with Gasteiger partial charge in [0.2, 0.25) is 0 Å². The van der Waals surface area contributed by atoms with E-state index in [-0.39, 0.29) is 6.61 Å². The van der Waals surface area contributed by atoms with E-state index in [1.54, 1.807) is 0 Å². The highest BCUT2D eigenvalue weighted by Crippen LogP contribution is 2.38. The minimum Gasteiger partial charge on any atom is -0.399 e. The predicted molar refractivity (Wildman–Crippen MR) is 134 cm³/mol. The number of piperazine rings is 1. The molecular weight excluding hydrogens is 394 g/mol. The predicted octanol–water partition coefficient (Wildman–Crippen LogP) is 4.13. The van der Waals surface area contributed by atoms with Crippen molar-refractivity contribution in [2.75, 3.05) is 39.8 Å². The van der Waals surface area contributed by atoms with Gasteiger partial charge in [-0.15, -0.1) is 0 Å². The minimum absolute atomic E-state index is 0.206. The van der Waals surface area contributed by atoms with Crippen molar-refractivity contribution in [2.45, 2.75) is 31.7 Å². The number of aliphatic hydroxyl groups is 1. The number of nitrogens with two attached hydrogens (primary N) is 1. The zero-order valence-corrected chi connectivity index (χ0v) is 19.3. The topological polar surface area (TPSA) is 52.7 Å². The molecule has 1 heterocycles. The molecule has 0 aromatic heterocycles. The average molecular weight is 432 g/mol. The molecule has 2 aliphatic carbocycles. The van der Waals surface area contributed by atoms with Crippen molar-refractivity contribution in [1.82, 2.24) is 9.80 Å². The lowest BCUT2D eigenvalue weighted by atomic mass is 9.79. The third kappa shape index (κ3) is 5.50. The monoisotopic (exact) mass is 431 g/mol. The van der Waals surface area contributed by atoms with Crippen LogP contribution < -0.4 is 5.73 Å². The molecule has 1 aliphatic heterocycles. The zero-order valence-electron chi connectivity index (χ0n) is 19.3. The van der Waals surface area contributed by atoms with Gasteiger partial charge in [0.05, 0.1) is 0 Å². The Labute approximate surface area is 193 Å². The van der Waals surface area contributed by atoms with E-state index in [0.717, 1.165) is 57.6 Å². The van der Waals surface area contributed by atoms with Gasteiger partial charge in [-0.05, 0) is 61.1 Å². The molecule has 4 heteroatoms. The molecule has 1 aromatic carbocycles. The second-order valence-electron chi connectivity index (χ2n) is 9.15. The number of benzene rings is 1. The normalized spacial score (nSPS) is 25.3. The molecule has 1 saturated heterocycles. The summed E-state index contributed by atoms with van der Waals surface area (Å²) in [5, 5.41) is 9.60. The second kappa shape index (κ2) is 11.0. The summed E-state index contributed by atoms with van der Waals surface area (Å²) in [5.41, 5.74) is 12.2. The molecule has 1 fully saturated rings. The van der Waals surface area contributed by atoms with E-state index in [1.807, 2.05) is 6.08 Å². The molecule has 0 saturated carbocycles. The van der Waals surface area contributed by atoms with E-state index in [9.17, 15) is 5.11 Å². The molecule has 0 bridgehead atoms. The zero-order chi connectivity index (χ0) is 22.3. The summed E-state index contributed by atoms with van der Waals surface area (Å²) in [6, 6.07) is 11.2. The first-order valence-electron chi connectivity index (χ1n) is 12.0. The molecule has 2 atom stereocenters. The standard InChI is InChI=1S/C28H37N3O/c1-30-17-19-31(20-18-30)26-15-11-24(12-16-26)28(23-9-13-25(29)14-10-23)27(8-5-21-32)22-6-3-2-4-7-22/h2-4,6-7,9,11-15,23,26,32H,5,8,10,16-21,29H2,1H3/b28-27-. The van der Waals surface area contributed by atoms with Crippen LogP contribution >= 0.6 is 0 Å². The van der Waals surface area contributed by atoms with Crippen LogP contribution in [0.4, 0.5) is 0 Å². The van der Waals surface area contributed by atoms with E-state index in [0.29, 0.717) is 12.0 Å². The van der Waals surface area contributed by atoms with E-state index in [1.165, 1.54) is 22.3 Å². The van der Waals surface area contributed by atoms with E-state index in [2.05, 4.69) is 77.6 Å². The van der Waals surface area contributed by atoms with Gasteiger partial charge in [0.25, 0.3) is 0 Å². The summed E-state index contributed by atoms with van der Waals surface area (Å²) >= 11 is 0. The maximum Gasteiger partial charge on any atom is 0.0434 e. The minimum atomic E-state index is 0.206. The molecule has 2 unspecified atom stereocenters. The Kier molecular flexibility index (Phi) is 7.80. The molecule has 0 amide bonds. The summed E-state index contributed by atoms with van der Waals surface area (Å²) in [4.78, 5) is 5.02. The summed E-state index contributed by atoms with van der Waals surface area (Å²) in [7, 11) is 2.21. The first-order chi connectivity index (χ1) is 15.7. The summed E-state index contributed by atoms with van der Waals surface area (Å²) in [6.45, 7) is 4.77. The van der Waals surface area contributed by atoms with Crippen molar-refractivity contribution in [1.29, 1.82) is 0 Å². The van der Waals surface area contributed by atoms with Crippen LogP contribution in [-0.2, 0) is 0 Å². The van der Waals surface area contributed by atoms with Gasteiger partial charge in [0, 0.05) is 50.4 Å². The Morgan fingerprint density at radius 1 is 1.00 bits per heavy atom. The number of rotatable bonds is 7. The number of allylic oxidation sites excluding steroid dienone is 7. The maximum absolute atomic E-state index is 9.60. The van der Waals surface area contributed by atoms with Gasteiger partial charge >= 0.3 is 0 Å². The summed E-state index contributed by atoms with van der Waals surface area (Å²) < 4.78 is 0. The summed E-state index contributed by atoms with van der Waals surface area (Å²) in [5.74, 6) is 0.298. The fourth-order valence-corrected chi connectivity index (χ4v) is 5.03. The number of aliphatic hydroxyl groups excluding tert-OH is 1. The molecule has 0 spiro atoms. The van der Waals surface area contributed by atoms with Gasteiger partial charge in [-0.3, -0.25) is 4.90 Å². The number of likely N-dealkylation sites (N-methyl/N-ethyl adjacent to an activating group) is 1. The van der Waals surface area contributed by atoms with Crippen molar-refractivity contribution in [3.63, 3.8) is 0 Å². The Balaban J connectivity index is 1.66. The molecule has 4 nitrogen and oxygen atoms in total. The van der Waals surface area contributed by atoms with Gasteiger partial charge in [-0.25, -0.2) is 0 Å². The van der Waals surface area contributed by atoms with Crippen molar-refractivity contribution < 1.29 is 5.11 Å². The number of nitrogens with zero attached hydrogens (tertiary/aromatic N) is 2. The molecular formula is C28H37N3O. The first kappa shape index (κ1) is 22.8. The molecule has 1 aromatic rings. The highest BCUT2D eigenvalue weighted by Gasteiger charge is 2.25. The van der Waals surface area contributed by atoms with Crippen molar-refractivity contribution >= 4 is 5.57 Å². The lowest BCUT2D eigenvalue weighted by Gasteiger charge is -2.37. The largest absolute Gasteiger partial charge is 0.399 e. The number of hydrogen-bond donors (Lipinski definition) is 2. The molecule has 3 aliphatic rings. The first-order valence-corrected chi connectivity index (χ1v) is 12.0. The maximum atomic E-state index is 9.60. The van der Waals surface area contributed by atoms with Crippen LogP contribution in [0.25, 0.3) is 5.57 Å². The van der Waals surface area contributed by atoms with Crippen molar-refractivity contribution in [2.24, 2.45) is 11.7 Å². The molecule has 32 heavy (non-hydrogen) atoms. The second-order valence-corrected chi connectivity index (χ2v) is 9.15. The van der Waals surface area contributed by atoms with Gasteiger partial charge in [-0.2, -0.15) is 0 Å². The fourth-order valence-electron chi connectivity index (χ4n) is 5.03. The van der Waals surface area contributed by atoms with Crippen LogP contribution in [0.5, 0.6) is 0 Å². The van der Waals surface area contributed by atoms with Gasteiger partial charge in [0.15, 0.2) is 0 Å². The van der Waals surface area contributed by atoms with Crippen molar-refractivity contribution in [3.8, 4) is 0 Å².